The standard InChI is InChI=1S/C6H18N2Si2/c1-9(2,3)7-8-10(4,5)6/h1-6H3/b8-7+. The van der Waals surface area contributed by atoms with Gasteiger partial charge >= 0.3 is 0 Å². The predicted octanol–water partition coefficient (Wildman–Crippen LogP) is 3.11. The molecule has 0 bridgehead atoms. The van der Waals surface area contributed by atoms with E-state index in [0.29, 0.717) is 0 Å². The van der Waals surface area contributed by atoms with Gasteiger partial charge in [0, 0.05) is 0 Å². The Balaban J connectivity index is 4.01. The Kier molecular flexibility index (Phi) is 2.97. The highest BCUT2D eigenvalue weighted by atomic mass is 28.3. The summed E-state index contributed by atoms with van der Waals surface area (Å²) >= 11 is 0. The van der Waals surface area contributed by atoms with Crippen molar-refractivity contribution in [3.05, 3.63) is 0 Å². The maximum Gasteiger partial charge on any atom is 0.198 e. The lowest BCUT2D eigenvalue weighted by atomic mass is 11.8. The lowest BCUT2D eigenvalue weighted by Crippen LogP contribution is -2.21. The van der Waals surface area contributed by atoms with E-state index in [1.165, 1.54) is 0 Å². The molecule has 2 nitrogen and oxygen atoms in total. The molecule has 0 spiro atoms. The summed E-state index contributed by atoms with van der Waals surface area (Å²) in [5.41, 5.74) is 0. The van der Waals surface area contributed by atoms with Crippen molar-refractivity contribution in [2.75, 3.05) is 0 Å². The molecule has 0 heterocycles. The Morgan fingerprint density at radius 1 is 0.600 bits per heavy atom. The van der Waals surface area contributed by atoms with Gasteiger partial charge in [-0.25, -0.2) is 9.56 Å². The molecule has 0 fully saturated rings. The predicted molar refractivity (Wildman–Crippen MR) is 51.5 cm³/mol. The minimum absolute atomic E-state index is 1.27. The highest BCUT2D eigenvalue weighted by Crippen LogP contribution is 2.08. The number of hydrogen-bond acceptors (Lipinski definition) is 2. The third-order valence-electron chi connectivity index (χ3n) is 0.650. The Labute approximate surface area is 65.9 Å². The zero-order valence-electron chi connectivity index (χ0n) is 7.89. The van der Waals surface area contributed by atoms with Gasteiger partial charge in [0.1, 0.15) is 0 Å². The van der Waals surface area contributed by atoms with E-state index >= 15 is 0 Å². The van der Waals surface area contributed by atoms with Crippen LogP contribution >= 0.6 is 0 Å². The van der Waals surface area contributed by atoms with E-state index < -0.39 is 16.5 Å². The number of hydrogen-bond donors (Lipinski definition) is 0. The van der Waals surface area contributed by atoms with Crippen LogP contribution in [0.5, 0.6) is 0 Å². The zero-order valence-corrected chi connectivity index (χ0v) is 9.89. The van der Waals surface area contributed by atoms with E-state index in [-0.39, 0.29) is 0 Å². The summed E-state index contributed by atoms with van der Waals surface area (Å²) in [7, 11) is -2.55. The molecule has 0 saturated heterocycles. The van der Waals surface area contributed by atoms with Gasteiger partial charge < -0.3 is 0 Å². The molecule has 10 heavy (non-hydrogen) atoms. The number of nitrogens with zero attached hydrogens (tertiary/aromatic N) is 2. The van der Waals surface area contributed by atoms with E-state index in [1.807, 2.05) is 0 Å². The van der Waals surface area contributed by atoms with E-state index in [2.05, 4.69) is 48.8 Å². The third-order valence-corrected chi connectivity index (χ3v) is 2.25. The second kappa shape index (κ2) is 2.96. The molecular weight excluding hydrogens is 156 g/mol. The fourth-order valence-electron chi connectivity index (χ4n) is 0.300. The SMILES string of the molecule is C[Si](C)(C)/N=N/[Si](C)(C)C. The van der Waals surface area contributed by atoms with Crippen LogP contribution in [0.25, 0.3) is 0 Å². The van der Waals surface area contributed by atoms with E-state index in [0.717, 1.165) is 0 Å². The third kappa shape index (κ3) is 8.03. The minimum Gasteiger partial charge on any atom is -0.249 e. The molecule has 0 radical (unpaired) electrons. The van der Waals surface area contributed by atoms with Crippen molar-refractivity contribution in [1.29, 1.82) is 0 Å². The molecular formula is C6H18N2Si2. The van der Waals surface area contributed by atoms with Gasteiger partial charge in [0.15, 0.2) is 16.5 Å². The van der Waals surface area contributed by atoms with Gasteiger partial charge in [-0.1, -0.05) is 0 Å². The monoisotopic (exact) mass is 174 g/mol. The van der Waals surface area contributed by atoms with Crippen LogP contribution in [-0.4, -0.2) is 16.5 Å². The van der Waals surface area contributed by atoms with Crippen LogP contribution < -0.4 is 0 Å². The highest BCUT2D eigenvalue weighted by Gasteiger charge is 2.16. The fraction of sp³-hybridized carbons (Fsp3) is 1.00. The maximum absolute atomic E-state index is 4.35. The largest absolute Gasteiger partial charge is 0.249 e. The van der Waals surface area contributed by atoms with Gasteiger partial charge in [-0.2, -0.15) is 0 Å². The van der Waals surface area contributed by atoms with E-state index in [4.69, 9.17) is 0 Å². The molecule has 0 aliphatic rings. The van der Waals surface area contributed by atoms with E-state index in [1.54, 1.807) is 0 Å². The van der Waals surface area contributed by atoms with Crippen LogP contribution in [0, 0.1) is 0 Å². The normalized spacial score (nSPS) is 14.6. The van der Waals surface area contributed by atoms with Crippen LogP contribution in [0.3, 0.4) is 0 Å². The highest BCUT2D eigenvalue weighted by molar-refractivity contribution is 6.77. The molecule has 0 saturated carbocycles. The summed E-state index contributed by atoms with van der Waals surface area (Å²) in [6.07, 6.45) is 0. The smallest absolute Gasteiger partial charge is 0.198 e. The number of rotatable bonds is 2. The van der Waals surface area contributed by atoms with Crippen LogP contribution in [-0.2, 0) is 0 Å². The molecule has 0 aliphatic carbocycles. The summed E-state index contributed by atoms with van der Waals surface area (Å²) in [6, 6.07) is 0. The maximum atomic E-state index is 4.35. The molecule has 4 heteroatoms. The van der Waals surface area contributed by atoms with Crippen molar-refractivity contribution >= 4 is 16.5 Å². The topological polar surface area (TPSA) is 24.7 Å². The first-order chi connectivity index (χ1) is 4.21. The lowest BCUT2D eigenvalue weighted by molar-refractivity contribution is 1.29. The quantitative estimate of drug-likeness (QED) is 0.454. The molecule has 0 aromatic rings. The van der Waals surface area contributed by atoms with E-state index in [9.17, 15) is 0 Å². The molecule has 0 unspecified atom stereocenters. The molecule has 0 aromatic carbocycles. The summed E-state index contributed by atoms with van der Waals surface area (Å²) < 4.78 is 8.71. The Bertz CT molecular complexity index is 114. The second-order valence-electron chi connectivity index (χ2n) is 4.54. The van der Waals surface area contributed by atoms with Gasteiger partial charge in [-0.05, 0) is 39.3 Å². The van der Waals surface area contributed by atoms with Crippen LogP contribution in [0.15, 0.2) is 9.56 Å². The molecule has 0 rings (SSSR count). The fourth-order valence-corrected chi connectivity index (χ4v) is 2.70. The Hall–Kier alpha value is 0.0338. The molecule has 0 atom stereocenters. The van der Waals surface area contributed by atoms with Crippen molar-refractivity contribution in [3.8, 4) is 0 Å². The lowest BCUT2D eigenvalue weighted by Gasteiger charge is -2.11. The van der Waals surface area contributed by atoms with Crippen LogP contribution in [0.2, 0.25) is 39.3 Å². The van der Waals surface area contributed by atoms with Gasteiger partial charge in [0.2, 0.25) is 0 Å². The van der Waals surface area contributed by atoms with Crippen molar-refractivity contribution < 1.29 is 0 Å². The Morgan fingerprint density at radius 3 is 0.900 bits per heavy atom. The minimum atomic E-state index is -1.27. The second-order valence-corrected chi connectivity index (χ2v) is 13.6. The summed E-state index contributed by atoms with van der Waals surface area (Å²) in [6.45, 7) is 13.2. The summed E-state index contributed by atoms with van der Waals surface area (Å²) in [4.78, 5) is 0. The first-order valence-electron chi connectivity index (χ1n) is 3.65. The molecule has 0 aromatic heterocycles. The molecule has 0 amide bonds. The van der Waals surface area contributed by atoms with Crippen LogP contribution in [0.4, 0.5) is 0 Å². The Morgan fingerprint density at radius 2 is 0.800 bits per heavy atom. The average molecular weight is 174 g/mol. The van der Waals surface area contributed by atoms with Crippen molar-refractivity contribution in [3.63, 3.8) is 0 Å². The first-order valence-corrected chi connectivity index (χ1v) is 10.5. The zero-order chi connectivity index (χ0) is 8.41. The summed E-state index contributed by atoms with van der Waals surface area (Å²) in [5.74, 6) is 0. The van der Waals surface area contributed by atoms with Gasteiger partial charge in [-0.3, -0.25) is 0 Å². The van der Waals surface area contributed by atoms with Crippen LogP contribution in [0.1, 0.15) is 0 Å². The van der Waals surface area contributed by atoms with Crippen molar-refractivity contribution in [2.24, 2.45) is 9.56 Å². The van der Waals surface area contributed by atoms with Crippen molar-refractivity contribution in [2.45, 2.75) is 39.3 Å². The first kappa shape index (κ1) is 10.0. The average Bonchev–Trinajstić information content (AvgIpc) is 1.57. The molecule has 60 valence electrons. The van der Waals surface area contributed by atoms with Crippen molar-refractivity contribution in [1.82, 2.24) is 0 Å². The van der Waals surface area contributed by atoms with Gasteiger partial charge in [0.05, 0.1) is 0 Å². The van der Waals surface area contributed by atoms with Gasteiger partial charge in [-0.15, -0.1) is 0 Å². The van der Waals surface area contributed by atoms with Gasteiger partial charge in [0.25, 0.3) is 0 Å². The molecule has 0 N–H and O–H groups in total. The molecule has 0 aliphatic heterocycles. The summed E-state index contributed by atoms with van der Waals surface area (Å²) in [5, 5.41) is 0.